The Morgan fingerprint density at radius 3 is 2.93 bits per heavy atom. The molecule has 2 nitrogen and oxygen atoms in total. The Kier molecular flexibility index (Phi) is 4.52. The highest BCUT2D eigenvalue weighted by Crippen LogP contribution is 2.18. The molecule has 1 aromatic rings. The third-order valence-electron chi connectivity index (χ3n) is 2.29. The van der Waals surface area contributed by atoms with Crippen LogP contribution in [0.25, 0.3) is 0 Å². The van der Waals surface area contributed by atoms with E-state index in [2.05, 4.69) is 44.7 Å². The van der Waals surface area contributed by atoms with Crippen LogP contribution < -0.4 is 5.32 Å². The monoisotopic (exact) mass is 340 g/mol. The first-order chi connectivity index (χ1) is 6.84. The lowest BCUT2D eigenvalue weighted by Gasteiger charge is -2.21. The molecule has 0 aliphatic carbocycles. The number of hydrogen-bond donors (Lipinski definition) is 1. The number of nitrogens with zero attached hydrogens (tertiary/aromatic N) is 1. The molecule has 0 radical (unpaired) electrons. The molecule has 0 bridgehead atoms. The molecule has 0 spiro atoms. The first-order valence-corrected chi connectivity index (χ1v) is 7.81. The summed E-state index contributed by atoms with van der Waals surface area (Å²) >= 11 is 6.17. The third-order valence-corrected chi connectivity index (χ3v) is 5.06. The molecule has 0 saturated carbocycles. The summed E-state index contributed by atoms with van der Waals surface area (Å²) in [6.45, 7) is 0.947. The van der Waals surface area contributed by atoms with Crippen molar-refractivity contribution in [2.24, 2.45) is 0 Å². The lowest BCUT2D eigenvalue weighted by Crippen LogP contribution is -2.31. The molecule has 0 amide bonds. The van der Waals surface area contributed by atoms with Crippen molar-refractivity contribution in [3.05, 3.63) is 14.1 Å². The van der Waals surface area contributed by atoms with E-state index in [0.717, 1.165) is 12.6 Å². The van der Waals surface area contributed by atoms with Crippen LogP contribution in [-0.2, 0) is 6.54 Å². The molecule has 0 atom stereocenters. The fourth-order valence-corrected chi connectivity index (χ4v) is 4.10. The number of thiazole rings is 1. The van der Waals surface area contributed by atoms with Gasteiger partial charge >= 0.3 is 0 Å². The topological polar surface area (TPSA) is 24.9 Å². The van der Waals surface area contributed by atoms with Crippen LogP contribution in [0.1, 0.15) is 17.8 Å². The van der Waals surface area contributed by atoms with Gasteiger partial charge in [-0.05, 0) is 46.9 Å². The van der Waals surface area contributed by atoms with Crippen LogP contribution in [0.4, 0.5) is 0 Å². The van der Waals surface area contributed by atoms with E-state index in [1.54, 1.807) is 11.3 Å². The maximum atomic E-state index is 4.34. The SMILES string of the molecule is Ic1cnc(CNC2CCSCC2)s1. The van der Waals surface area contributed by atoms with E-state index in [0.29, 0.717) is 0 Å². The Morgan fingerprint density at radius 2 is 2.29 bits per heavy atom. The van der Waals surface area contributed by atoms with E-state index in [4.69, 9.17) is 0 Å². The minimum Gasteiger partial charge on any atom is -0.308 e. The Bertz CT molecular complexity index is 284. The van der Waals surface area contributed by atoms with Crippen LogP contribution in [0.3, 0.4) is 0 Å². The maximum absolute atomic E-state index is 4.34. The highest BCUT2D eigenvalue weighted by atomic mass is 127. The zero-order valence-corrected chi connectivity index (χ0v) is 11.6. The third kappa shape index (κ3) is 3.36. The fraction of sp³-hybridized carbons (Fsp3) is 0.667. The van der Waals surface area contributed by atoms with Gasteiger partial charge in [-0.15, -0.1) is 11.3 Å². The van der Waals surface area contributed by atoms with Crippen LogP contribution in [0.15, 0.2) is 6.20 Å². The average Bonchev–Trinajstić information content (AvgIpc) is 2.63. The number of hydrogen-bond acceptors (Lipinski definition) is 4. The molecule has 0 aromatic carbocycles. The maximum Gasteiger partial charge on any atom is 0.107 e. The molecular weight excluding hydrogens is 327 g/mol. The minimum absolute atomic E-state index is 0.720. The summed E-state index contributed by atoms with van der Waals surface area (Å²) in [6.07, 6.45) is 4.57. The van der Waals surface area contributed by atoms with Gasteiger partial charge in [0.15, 0.2) is 0 Å². The van der Waals surface area contributed by atoms with Crippen molar-refractivity contribution in [3.8, 4) is 0 Å². The van der Waals surface area contributed by atoms with Crippen molar-refractivity contribution >= 4 is 45.7 Å². The fourth-order valence-electron chi connectivity index (χ4n) is 1.50. The molecule has 1 N–H and O–H groups in total. The Labute approximate surface area is 106 Å². The second kappa shape index (κ2) is 5.67. The van der Waals surface area contributed by atoms with Crippen LogP contribution >= 0.6 is 45.7 Å². The predicted molar refractivity (Wildman–Crippen MR) is 72.0 cm³/mol. The van der Waals surface area contributed by atoms with E-state index in [1.807, 2.05) is 6.20 Å². The smallest absolute Gasteiger partial charge is 0.107 e. The van der Waals surface area contributed by atoms with Gasteiger partial charge in [-0.1, -0.05) is 0 Å². The average molecular weight is 340 g/mol. The lowest BCUT2D eigenvalue weighted by atomic mass is 10.1. The van der Waals surface area contributed by atoms with Crippen molar-refractivity contribution in [3.63, 3.8) is 0 Å². The summed E-state index contributed by atoms with van der Waals surface area (Å²) in [5, 5.41) is 4.80. The van der Waals surface area contributed by atoms with Gasteiger partial charge in [0.2, 0.25) is 0 Å². The molecule has 2 heterocycles. The van der Waals surface area contributed by atoms with Crippen LogP contribution in [-0.4, -0.2) is 22.5 Å². The van der Waals surface area contributed by atoms with E-state index in [1.165, 1.54) is 32.2 Å². The van der Waals surface area contributed by atoms with Crippen molar-refractivity contribution in [2.75, 3.05) is 11.5 Å². The summed E-state index contributed by atoms with van der Waals surface area (Å²) in [5.74, 6) is 2.63. The zero-order chi connectivity index (χ0) is 9.80. The highest BCUT2D eigenvalue weighted by molar-refractivity contribution is 14.1. The molecule has 1 aromatic heterocycles. The van der Waals surface area contributed by atoms with Crippen molar-refractivity contribution in [2.45, 2.75) is 25.4 Å². The molecule has 14 heavy (non-hydrogen) atoms. The molecule has 5 heteroatoms. The van der Waals surface area contributed by atoms with Crippen molar-refractivity contribution < 1.29 is 0 Å². The van der Waals surface area contributed by atoms with E-state index in [-0.39, 0.29) is 0 Å². The second-order valence-electron chi connectivity index (χ2n) is 3.33. The molecular formula is C9H13IN2S2. The number of thioether (sulfide) groups is 1. The summed E-state index contributed by atoms with van der Waals surface area (Å²) in [4.78, 5) is 4.34. The summed E-state index contributed by atoms with van der Waals surface area (Å²) in [7, 11) is 0. The summed E-state index contributed by atoms with van der Waals surface area (Å²) in [5.41, 5.74) is 0. The summed E-state index contributed by atoms with van der Waals surface area (Å²) in [6, 6.07) is 0.720. The molecule has 78 valence electrons. The Balaban J connectivity index is 1.76. The molecule has 1 aliphatic heterocycles. The van der Waals surface area contributed by atoms with Gasteiger partial charge in [-0.3, -0.25) is 0 Å². The largest absolute Gasteiger partial charge is 0.308 e. The van der Waals surface area contributed by atoms with Gasteiger partial charge in [0, 0.05) is 12.6 Å². The van der Waals surface area contributed by atoms with Crippen molar-refractivity contribution in [1.29, 1.82) is 0 Å². The summed E-state index contributed by atoms with van der Waals surface area (Å²) < 4.78 is 1.28. The van der Waals surface area contributed by atoms with Gasteiger partial charge < -0.3 is 5.32 Å². The Morgan fingerprint density at radius 1 is 1.50 bits per heavy atom. The first-order valence-electron chi connectivity index (χ1n) is 4.76. The van der Waals surface area contributed by atoms with Gasteiger partial charge in [0.1, 0.15) is 5.01 Å². The van der Waals surface area contributed by atoms with E-state index >= 15 is 0 Å². The lowest BCUT2D eigenvalue weighted by molar-refractivity contribution is 0.481. The standard InChI is InChI=1S/C9H13IN2S2/c10-8-5-12-9(14-8)6-11-7-1-3-13-4-2-7/h5,7,11H,1-4,6H2. The Hall–Kier alpha value is 0.670. The number of halogens is 1. The normalized spacial score (nSPS) is 18.6. The molecule has 1 saturated heterocycles. The van der Waals surface area contributed by atoms with Gasteiger partial charge in [0.05, 0.1) is 9.08 Å². The first kappa shape index (κ1) is 11.2. The predicted octanol–water partition coefficient (Wildman–Crippen LogP) is 2.73. The number of rotatable bonds is 3. The van der Waals surface area contributed by atoms with Crippen molar-refractivity contribution in [1.82, 2.24) is 10.3 Å². The molecule has 0 unspecified atom stereocenters. The zero-order valence-electron chi connectivity index (χ0n) is 7.83. The quantitative estimate of drug-likeness (QED) is 0.857. The van der Waals surface area contributed by atoms with Crippen LogP contribution in [0, 0.1) is 2.88 Å². The minimum atomic E-state index is 0.720. The number of nitrogens with one attached hydrogen (secondary N) is 1. The number of aromatic nitrogens is 1. The van der Waals surface area contributed by atoms with Gasteiger partial charge in [0.25, 0.3) is 0 Å². The second-order valence-corrected chi connectivity index (χ2v) is 7.56. The van der Waals surface area contributed by atoms with E-state index < -0.39 is 0 Å². The van der Waals surface area contributed by atoms with Crippen LogP contribution in [0.2, 0.25) is 0 Å². The molecule has 1 fully saturated rings. The van der Waals surface area contributed by atoms with Gasteiger partial charge in [-0.2, -0.15) is 11.8 Å². The van der Waals surface area contributed by atoms with Crippen LogP contribution in [0.5, 0.6) is 0 Å². The van der Waals surface area contributed by atoms with E-state index in [9.17, 15) is 0 Å². The molecule has 2 rings (SSSR count). The van der Waals surface area contributed by atoms with Gasteiger partial charge in [-0.25, -0.2) is 4.98 Å². The molecule has 1 aliphatic rings. The highest BCUT2D eigenvalue weighted by Gasteiger charge is 2.13.